The molecule has 4 heteroatoms. The lowest BCUT2D eigenvalue weighted by Gasteiger charge is -2.23. The van der Waals surface area contributed by atoms with Gasteiger partial charge in [-0.15, -0.1) is 12.4 Å². The van der Waals surface area contributed by atoms with Gasteiger partial charge in [0.15, 0.2) is 0 Å². The molecule has 1 saturated heterocycles. The first-order chi connectivity index (χ1) is 12.1. The number of H-pyrrole nitrogens is 1. The lowest BCUT2D eigenvalue weighted by molar-refractivity contribution is 0.460. The largest absolute Gasteiger partial charge is 0.354 e. The van der Waals surface area contributed by atoms with E-state index in [9.17, 15) is 0 Å². The number of fused-ring (bicyclic) bond motifs is 1. The fourth-order valence-corrected chi connectivity index (χ4v) is 4.17. The van der Waals surface area contributed by atoms with Crippen molar-refractivity contribution in [3.05, 3.63) is 53.3 Å². The molecule has 2 N–H and O–H groups in total. The zero-order valence-corrected chi connectivity index (χ0v) is 16.6. The third-order valence-corrected chi connectivity index (χ3v) is 5.44. The van der Waals surface area contributed by atoms with E-state index in [2.05, 4.69) is 66.4 Å². The van der Waals surface area contributed by atoms with E-state index >= 15 is 0 Å². The van der Waals surface area contributed by atoms with Crippen molar-refractivity contribution in [2.75, 3.05) is 13.1 Å². The number of pyridine rings is 1. The number of piperidine rings is 1. The van der Waals surface area contributed by atoms with E-state index in [1.165, 1.54) is 46.1 Å². The van der Waals surface area contributed by atoms with Crippen molar-refractivity contribution in [1.82, 2.24) is 15.3 Å². The van der Waals surface area contributed by atoms with Gasteiger partial charge in [0.05, 0.1) is 5.69 Å². The lowest BCUT2D eigenvalue weighted by Crippen LogP contribution is -2.26. The lowest BCUT2D eigenvalue weighted by atomic mass is 9.88. The molecule has 0 bridgehead atoms. The fourth-order valence-electron chi connectivity index (χ4n) is 4.17. The zero-order chi connectivity index (χ0) is 17.4. The van der Waals surface area contributed by atoms with E-state index in [0.717, 1.165) is 18.8 Å². The Morgan fingerprint density at radius 1 is 1.08 bits per heavy atom. The predicted octanol–water partition coefficient (Wildman–Crippen LogP) is 5.55. The van der Waals surface area contributed by atoms with Gasteiger partial charge in [-0.25, -0.2) is 0 Å². The minimum Gasteiger partial charge on any atom is -0.354 e. The average Bonchev–Trinajstić information content (AvgIpc) is 3.01. The number of aromatic amines is 1. The van der Waals surface area contributed by atoms with Crippen LogP contribution in [0.5, 0.6) is 0 Å². The highest BCUT2D eigenvalue weighted by Gasteiger charge is 2.20. The SMILES string of the molecule is Cc1cc(-c2[nH]c3ccc(C4CCNCC4)cc3c2C(C)C)ccn1.Cl. The minimum absolute atomic E-state index is 0. The summed E-state index contributed by atoms with van der Waals surface area (Å²) in [5.74, 6) is 1.16. The maximum atomic E-state index is 4.35. The van der Waals surface area contributed by atoms with Gasteiger partial charge in [0.2, 0.25) is 0 Å². The van der Waals surface area contributed by atoms with Gasteiger partial charge >= 0.3 is 0 Å². The normalized spacial score (nSPS) is 15.4. The molecule has 0 unspecified atom stereocenters. The van der Waals surface area contributed by atoms with Gasteiger partial charge in [-0.3, -0.25) is 4.98 Å². The summed E-state index contributed by atoms with van der Waals surface area (Å²) in [6, 6.07) is 11.3. The van der Waals surface area contributed by atoms with Crippen LogP contribution >= 0.6 is 12.4 Å². The molecule has 1 aliphatic heterocycles. The van der Waals surface area contributed by atoms with Crippen LogP contribution < -0.4 is 5.32 Å². The molecule has 1 aromatic carbocycles. The molecule has 3 nitrogen and oxygen atoms in total. The number of halogens is 1. The van der Waals surface area contributed by atoms with Crippen LogP contribution in [0.25, 0.3) is 22.2 Å². The second kappa shape index (κ2) is 7.81. The van der Waals surface area contributed by atoms with Crippen LogP contribution in [-0.4, -0.2) is 23.1 Å². The Bertz CT molecular complexity index is 892. The third kappa shape index (κ3) is 3.51. The molecular weight excluding hydrogens is 342 g/mol. The van der Waals surface area contributed by atoms with Gasteiger partial charge in [0.1, 0.15) is 0 Å². The van der Waals surface area contributed by atoms with E-state index in [-0.39, 0.29) is 12.4 Å². The monoisotopic (exact) mass is 369 g/mol. The Morgan fingerprint density at radius 3 is 2.54 bits per heavy atom. The molecule has 138 valence electrons. The molecule has 0 amide bonds. The number of nitrogens with zero attached hydrogens (tertiary/aromatic N) is 1. The van der Waals surface area contributed by atoms with Crippen molar-refractivity contribution in [2.45, 2.75) is 45.4 Å². The average molecular weight is 370 g/mol. The summed E-state index contributed by atoms with van der Waals surface area (Å²) in [6.07, 6.45) is 4.38. The van der Waals surface area contributed by atoms with Gasteiger partial charge < -0.3 is 10.3 Å². The number of aromatic nitrogens is 2. The van der Waals surface area contributed by atoms with E-state index in [4.69, 9.17) is 0 Å². The Balaban J connectivity index is 0.00000196. The van der Waals surface area contributed by atoms with Crippen molar-refractivity contribution in [3.63, 3.8) is 0 Å². The van der Waals surface area contributed by atoms with E-state index in [0.29, 0.717) is 11.8 Å². The van der Waals surface area contributed by atoms with Gasteiger partial charge in [0.25, 0.3) is 0 Å². The first-order valence-electron chi connectivity index (χ1n) is 9.42. The van der Waals surface area contributed by atoms with Crippen LogP contribution in [0.3, 0.4) is 0 Å². The van der Waals surface area contributed by atoms with Crippen LogP contribution in [0.2, 0.25) is 0 Å². The molecule has 3 heterocycles. The van der Waals surface area contributed by atoms with Gasteiger partial charge in [-0.2, -0.15) is 0 Å². The van der Waals surface area contributed by atoms with Crippen LogP contribution in [0, 0.1) is 6.92 Å². The van der Waals surface area contributed by atoms with Crippen molar-refractivity contribution >= 4 is 23.3 Å². The molecule has 0 radical (unpaired) electrons. The zero-order valence-electron chi connectivity index (χ0n) is 15.8. The van der Waals surface area contributed by atoms with Crippen molar-refractivity contribution in [2.24, 2.45) is 0 Å². The molecule has 0 spiro atoms. The topological polar surface area (TPSA) is 40.7 Å². The van der Waals surface area contributed by atoms with Gasteiger partial charge in [0, 0.05) is 28.4 Å². The van der Waals surface area contributed by atoms with Crippen molar-refractivity contribution in [1.29, 1.82) is 0 Å². The second-order valence-corrected chi connectivity index (χ2v) is 7.58. The van der Waals surface area contributed by atoms with Gasteiger partial charge in [-0.1, -0.05) is 19.9 Å². The Hall–Kier alpha value is -1.84. The molecule has 1 fully saturated rings. The maximum Gasteiger partial charge on any atom is 0.0501 e. The highest BCUT2D eigenvalue weighted by Crippen LogP contribution is 2.37. The summed E-state index contributed by atoms with van der Waals surface area (Å²) in [4.78, 5) is 8.03. The number of hydrogen-bond acceptors (Lipinski definition) is 2. The third-order valence-electron chi connectivity index (χ3n) is 5.44. The van der Waals surface area contributed by atoms with Crippen LogP contribution in [0.15, 0.2) is 36.5 Å². The molecule has 0 aliphatic carbocycles. The molecule has 2 aromatic heterocycles. The molecule has 26 heavy (non-hydrogen) atoms. The van der Waals surface area contributed by atoms with Crippen molar-refractivity contribution in [3.8, 4) is 11.3 Å². The maximum absolute atomic E-state index is 4.35. The summed E-state index contributed by atoms with van der Waals surface area (Å²) in [6.45, 7) is 8.90. The Morgan fingerprint density at radius 2 is 1.85 bits per heavy atom. The number of nitrogens with one attached hydrogen (secondary N) is 2. The molecule has 4 rings (SSSR count). The summed E-state index contributed by atoms with van der Waals surface area (Å²) in [5, 5.41) is 4.85. The number of benzene rings is 1. The van der Waals surface area contributed by atoms with E-state index in [1.54, 1.807) is 0 Å². The van der Waals surface area contributed by atoms with Crippen LogP contribution in [0.1, 0.15) is 55.3 Å². The summed E-state index contributed by atoms with van der Waals surface area (Å²) < 4.78 is 0. The van der Waals surface area contributed by atoms with E-state index in [1.807, 2.05) is 6.20 Å². The molecular formula is C22H28ClN3. The fraction of sp³-hybridized carbons (Fsp3) is 0.409. The number of rotatable bonds is 3. The number of aryl methyl sites for hydroxylation is 1. The quantitative estimate of drug-likeness (QED) is 0.635. The smallest absolute Gasteiger partial charge is 0.0501 e. The predicted molar refractivity (Wildman–Crippen MR) is 112 cm³/mol. The Labute approximate surface area is 162 Å². The highest BCUT2D eigenvalue weighted by molar-refractivity contribution is 5.92. The summed E-state index contributed by atoms with van der Waals surface area (Å²) >= 11 is 0. The summed E-state index contributed by atoms with van der Waals surface area (Å²) in [7, 11) is 0. The summed E-state index contributed by atoms with van der Waals surface area (Å²) in [5.41, 5.74) is 7.70. The minimum atomic E-state index is 0. The first kappa shape index (κ1) is 18.9. The van der Waals surface area contributed by atoms with E-state index < -0.39 is 0 Å². The van der Waals surface area contributed by atoms with Crippen LogP contribution in [-0.2, 0) is 0 Å². The molecule has 0 atom stereocenters. The van der Waals surface area contributed by atoms with Crippen molar-refractivity contribution < 1.29 is 0 Å². The van der Waals surface area contributed by atoms with Gasteiger partial charge in [-0.05, 0) is 80.1 Å². The van der Waals surface area contributed by atoms with Crippen LogP contribution in [0.4, 0.5) is 0 Å². The molecule has 3 aromatic rings. The molecule has 0 saturated carbocycles. The first-order valence-corrected chi connectivity index (χ1v) is 9.42. The number of hydrogen-bond donors (Lipinski definition) is 2. The molecule has 1 aliphatic rings. The Kier molecular flexibility index (Phi) is 5.69. The highest BCUT2D eigenvalue weighted by atomic mass is 35.5. The standard InChI is InChI=1S/C22H27N3.ClH/c1-14(2)21-19-13-17(16-6-9-23-10-7-16)4-5-20(19)25-22(21)18-8-11-24-15(3)12-18;/h4-5,8,11-14,16,23,25H,6-7,9-10H2,1-3H3;1H. The second-order valence-electron chi connectivity index (χ2n) is 7.58.